The molecule has 0 fully saturated rings. The molecule has 0 aliphatic rings. The molecule has 8 nitrogen and oxygen atoms in total. The van der Waals surface area contributed by atoms with Crippen molar-refractivity contribution >= 4 is 68.5 Å². The summed E-state index contributed by atoms with van der Waals surface area (Å²) < 4.78 is 12.3. The predicted octanol–water partition coefficient (Wildman–Crippen LogP) is 8.03. The monoisotopic (exact) mass is 719 g/mol. The third kappa shape index (κ3) is 7.70. The number of nitrogens with zero attached hydrogens (tertiary/aromatic N) is 3. The highest BCUT2D eigenvalue weighted by atomic mass is 127. The number of thiazole rings is 1. The minimum Gasteiger partial charge on any atom is -0.493 e. The van der Waals surface area contributed by atoms with Gasteiger partial charge in [-0.3, -0.25) is 4.79 Å². The Morgan fingerprint density at radius 2 is 1.88 bits per heavy atom. The van der Waals surface area contributed by atoms with E-state index >= 15 is 0 Å². The van der Waals surface area contributed by atoms with Crippen molar-refractivity contribution < 1.29 is 14.3 Å². The van der Waals surface area contributed by atoms with Gasteiger partial charge in [-0.05, 0) is 82.8 Å². The first-order valence-corrected chi connectivity index (χ1v) is 15.2. The van der Waals surface area contributed by atoms with E-state index in [0.717, 1.165) is 31.2 Å². The Balaban J connectivity index is 1.19. The number of hydrazone groups is 1. The Morgan fingerprint density at radius 1 is 1.12 bits per heavy atom. The van der Waals surface area contributed by atoms with Crippen LogP contribution in [0.15, 0.2) is 95.4 Å². The summed E-state index contributed by atoms with van der Waals surface area (Å²) in [7, 11) is 1.55. The summed E-state index contributed by atoms with van der Waals surface area (Å²) in [5.41, 5.74) is 7.68. The van der Waals surface area contributed by atoms with E-state index in [0.29, 0.717) is 33.2 Å². The lowest BCUT2D eigenvalue weighted by Crippen LogP contribution is -2.17. The molecule has 214 valence electrons. The molecule has 0 bridgehead atoms. The lowest BCUT2D eigenvalue weighted by atomic mass is 10.1. The number of hydrogen-bond acceptors (Lipinski definition) is 8. The number of nitrogens with one attached hydrogen (secondary N) is 2. The molecule has 0 saturated heterocycles. The maximum absolute atomic E-state index is 12.7. The van der Waals surface area contributed by atoms with E-state index in [9.17, 15) is 10.1 Å². The Morgan fingerprint density at radius 3 is 2.63 bits per heavy atom. The molecule has 5 rings (SSSR count). The number of halogens is 2. The van der Waals surface area contributed by atoms with Crippen LogP contribution in [0, 0.1) is 14.9 Å². The maximum atomic E-state index is 12.7. The molecule has 0 spiro atoms. The fourth-order valence-electron chi connectivity index (χ4n) is 4.00. The molecule has 0 unspecified atom stereocenters. The zero-order valence-corrected chi connectivity index (χ0v) is 26.4. The van der Waals surface area contributed by atoms with E-state index in [-0.39, 0.29) is 12.5 Å². The molecular formula is C32H23ClIN5O3S. The normalized spacial score (nSPS) is 10.7. The molecule has 0 saturated carbocycles. The Bertz CT molecular complexity index is 1820. The van der Waals surface area contributed by atoms with Gasteiger partial charge in [-0.1, -0.05) is 41.9 Å². The minimum absolute atomic E-state index is 0.225. The highest BCUT2D eigenvalue weighted by Gasteiger charge is 2.13. The molecule has 4 aromatic carbocycles. The number of carbonyl (C=O) groups is 1. The SMILES string of the molecule is COc1cc(/C=N\NC(=O)c2ccc(-c3csc(Nc4ccc(Cl)cc4)n3)cc2)cc(I)c1OCc1ccccc1C#N. The average molecular weight is 720 g/mol. The summed E-state index contributed by atoms with van der Waals surface area (Å²) in [5.74, 6) is 0.729. The van der Waals surface area contributed by atoms with Crippen LogP contribution in [0.25, 0.3) is 11.3 Å². The number of hydrogen-bond donors (Lipinski definition) is 2. The molecule has 0 radical (unpaired) electrons. The molecule has 0 atom stereocenters. The number of carbonyl (C=O) groups excluding carboxylic acids is 1. The number of aromatic nitrogens is 1. The van der Waals surface area contributed by atoms with Gasteiger partial charge >= 0.3 is 0 Å². The number of nitriles is 1. The van der Waals surface area contributed by atoms with Crippen LogP contribution in [-0.2, 0) is 6.61 Å². The maximum Gasteiger partial charge on any atom is 0.271 e. The van der Waals surface area contributed by atoms with E-state index in [1.165, 1.54) is 17.6 Å². The largest absolute Gasteiger partial charge is 0.493 e. The summed E-state index contributed by atoms with van der Waals surface area (Å²) >= 11 is 9.59. The Labute approximate surface area is 271 Å². The number of rotatable bonds is 10. The molecular weight excluding hydrogens is 697 g/mol. The van der Waals surface area contributed by atoms with Crippen LogP contribution in [0.1, 0.15) is 27.0 Å². The highest BCUT2D eigenvalue weighted by molar-refractivity contribution is 14.1. The van der Waals surface area contributed by atoms with Gasteiger partial charge in [-0.25, -0.2) is 10.4 Å². The smallest absolute Gasteiger partial charge is 0.271 e. The van der Waals surface area contributed by atoms with Crippen molar-refractivity contribution in [3.8, 4) is 28.8 Å². The first kappa shape index (κ1) is 30.0. The van der Waals surface area contributed by atoms with Crippen LogP contribution in [0.4, 0.5) is 10.8 Å². The highest BCUT2D eigenvalue weighted by Crippen LogP contribution is 2.34. The second-order valence-electron chi connectivity index (χ2n) is 9.04. The van der Waals surface area contributed by atoms with E-state index in [1.54, 1.807) is 31.4 Å². The van der Waals surface area contributed by atoms with E-state index < -0.39 is 0 Å². The van der Waals surface area contributed by atoms with Crippen molar-refractivity contribution in [2.24, 2.45) is 5.10 Å². The second-order valence-corrected chi connectivity index (χ2v) is 11.5. The molecule has 1 amide bonds. The third-order valence-electron chi connectivity index (χ3n) is 6.18. The quantitative estimate of drug-likeness (QED) is 0.0860. The van der Waals surface area contributed by atoms with Crippen LogP contribution < -0.4 is 20.2 Å². The number of anilines is 2. The lowest BCUT2D eigenvalue weighted by molar-refractivity contribution is 0.0955. The number of amides is 1. The summed E-state index contributed by atoms with van der Waals surface area (Å²) in [4.78, 5) is 17.3. The van der Waals surface area contributed by atoms with Gasteiger partial charge in [0.2, 0.25) is 0 Å². The van der Waals surface area contributed by atoms with E-state index in [2.05, 4.69) is 49.5 Å². The second kappa shape index (κ2) is 14.2. The fraction of sp³-hybridized carbons (Fsp3) is 0.0625. The van der Waals surface area contributed by atoms with Crippen molar-refractivity contribution in [3.63, 3.8) is 0 Å². The molecule has 43 heavy (non-hydrogen) atoms. The summed E-state index contributed by atoms with van der Waals surface area (Å²) in [5, 5.41) is 20.1. The van der Waals surface area contributed by atoms with Gasteiger partial charge < -0.3 is 14.8 Å². The van der Waals surface area contributed by atoms with E-state index in [4.69, 9.17) is 21.1 Å². The fourth-order valence-corrected chi connectivity index (χ4v) is 5.65. The van der Waals surface area contributed by atoms with Crippen LogP contribution in [0.5, 0.6) is 11.5 Å². The zero-order valence-electron chi connectivity index (χ0n) is 22.7. The van der Waals surface area contributed by atoms with Crippen LogP contribution >= 0.6 is 45.5 Å². The lowest BCUT2D eigenvalue weighted by Gasteiger charge is -2.14. The molecule has 5 aromatic rings. The van der Waals surface area contributed by atoms with Gasteiger partial charge in [-0.2, -0.15) is 10.4 Å². The molecule has 0 aliphatic carbocycles. The van der Waals surface area contributed by atoms with Gasteiger partial charge in [0, 0.05) is 32.8 Å². The Kier molecular flexibility index (Phi) is 9.88. The minimum atomic E-state index is -0.344. The molecule has 11 heteroatoms. The van der Waals surface area contributed by atoms with Crippen LogP contribution in [0.2, 0.25) is 5.02 Å². The average Bonchev–Trinajstić information content (AvgIpc) is 3.50. The standard InChI is InChI=1S/C32H23ClIN5O3S/c1-41-29-15-20(14-27(34)30(29)42-18-24-5-3-2-4-23(24)16-35)17-36-39-31(40)22-8-6-21(7-9-22)28-19-43-32(38-28)37-26-12-10-25(33)11-13-26/h2-15,17,19H,18H2,1H3,(H,37,38)(H,39,40)/b36-17-. The third-order valence-corrected chi connectivity index (χ3v) is 7.99. The van der Waals surface area contributed by atoms with Crippen molar-refractivity contribution in [1.82, 2.24) is 10.4 Å². The van der Waals surface area contributed by atoms with Crippen LogP contribution in [0.3, 0.4) is 0 Å². The van der Waals surface area contributed by atoms with Crippen molar-refractivity contribution in [2.75, 3.05) is 12.4 Å². The molecule has 2 N–H and O–H groups in total. The van der Waals surface area contributed by atoms with Gasteiger partial charge in [0.15, 0.2) is 16.6 Å². The topological polar surface area (TPSA) is 109 Å². The van der Waals surface area contributed by atoms with Crippen molar-refractivity contribution in [3.05, 3.63) is 121 Å². The van der Waals surface area contributed by atoms with E-state index in [1.807, 2.05) is 66.0 Å². The number of benzene rings is 4. The van der Waals surface area contributed by atoms with Crippen molar-refractivity contribution in [2.45, 2.75) is 6.61 Å². The summed E-state index contributed by atoms with van der Waals surface area (Å²) in [6.07, 6.45) is 1.54. The Hall–Kier alpha value is -4.44. The first-order chi connectivity index (χ1) is 20.9. The van der Waals surface area contributed by atoms with Gasteiger partial charge in [0.1, 0.15) is 6.61 Å². The van der Waals surface area contributed by atoms with Crippen LogP contribution in [-0.4, -0.2) is 24.2 Å². The first-order valence-electron chi connectivity index (χ1n) is 12.8. The molecule has 1 aromatic heterocycles. The zero-order chi connectivity index (χ0) is 30.2. The van der Waals surface area contributed by atoms with Crippen molar-refractivity contribution in [1.29, 1.82) is 5.26 Å². The van der Waals surface area contributed by atoms with Gasteiger partial charge in [0.25, 0.3) is 5.91 Å². The molecule has 1 heterocycles. The predicted molar refractivity (Wildman–Crippen MR) is 179 cm³/mol. The van der Waals surface area contributed by atoms with Gasteiger partial charge in [0.05, 0.1) is 34.2 Å². The number of ether oxygens (including phenoxy) is 2. The number of methoxy groups -OCH3 is 1. The summed E-state index contributed by atoms with van der Waals surface area (Å²) in [6, 6.07) is 27.7. The molecule has 0 aliphatic heterocycles. The van der Waals surface area contributed by atoms with Gasteiger partial charge in [-0.15, -0.1) is 11.3 Å². The summed E-state index contributed by atoms with van der Waals surface area (Å²) in [6.45, 7) is 0.225.